The minimum Gasteiger partial charge on any atom is -0.390 e. The van der Waals surface area contributed by atoms with E-state index in [4.69, 9.17) is 0 Å². The summed E-state index contributed by atoms with van der Waals surface area (Å²) in [5, 5.41) is 13.1. The quantitative estimate of drug-likeness (QED) is 0.245. The number of rotatable bonds is 15. The van der Waals surface area contributed by atoms with Crippen molar-refractivity contribution in [2.45, 2.75) is 64.0 Å². The van der Waals surface area contributed by atoms with Crippen molar-refractivity contribution < 1.29 is 23.1 Å². The average Bonchev–Trinajstić information content (AvgIpc) is 3.42. The van der Waals surface area contributed by atoms with Crippen molar-refractivity contribution in [2.75, 3.05) is 33.7 Å². The van der Waals surface area contributed by atoms with Gasteiger partial charge in [0.25, 0.3) is 5.91 Å². The van der Waals surface area contributed by atoms with Crippen molar-refractivity contribution in [2.24, 2.45) is 11.8 Å². The molecule has 43 heavy (non-hydrogen) atoms. The van der Waals surface area contributed by atoms with Crippen molar-refractivity contribution >= 4 is 43.4 Å². The number of nitrogens with one attached hydrogen (secondary N) is 1. The third-order valence-corrected chi connectivity index (χ3v) is 9.78. The summed E-state index contributed by atoms with van der Waals surface area (Å²) in [7, 11) is -0.521. The number of likely N-dealkylation sites (N-methyl/N-ethyl adjacent to an activating group) is 1. The summed E-state index contributed by atoms with van der Waals surface area (Å²) in [6.45, 7) is 7.69. The molecule has 0 spiro atoms. The number of fused-ring (bicyclic) bond motifs is 1. The Morgan fingerprint density at radius 3 is 2.37 bits per heavy atom. The number of hydrazine groups is 1. The molecule has 0 aliphatic heterocycles. The molecule has 3 aromatic rings. The van der Waals surface area contributed by atoms with Gasteiger partial charge in [-0.05, 0) is 56.1 Å². The van der Waals surface area contributed by atoms with Crippen LogP contribution in [0, 0.1) is 11.8 Å². The summed E-state index contributed by atoms with van der Waals surface area (Å²) in [5.41, 5.74) is 5.97. The van der Waals surface area contributed by atoms with Gasteiger partial charge in [-0.15, -0.1) is 11.3 Å². The maximum atomic E-state index is 14.0. The fraction of sp³-hybridized carbons (Fsp3) is 0.516. The molecule has 3 atom stereocenters. The van der Waals surface area contributed by atoms with Crippen LogP contribution in [0.3, 0.4) is 0 Å². The molecule has 10 nitrogen and oxygen atoms in total. The number of hydrogen-bond acceptors (Lipinski definition) is 8. The van der Waals surface area contributed by atoms with Crippen molar-refractivity contribution in [1.29, 1.82) is 0 Å². The van der Waals surface area contributed by atoms with E-state index in [1.165, 1.54) is 26.7 Å². The number of carbonyl (C=O) groups is 2. The average molecular weight is 632 g/mol. The number of aromatic nitrogens is 1. The molecule has 0 saturated carbocycles. The standard InChI is InChI=1S/C31H45N5O5S2/c1-7-23(4)15-31(39)36(33-30(38)20-34(5)6)27(16-24-11-9-8-10-12-24)28(37)19-35(18-22(2)3)43(40,41)25-13-14-26-29(17-25)42-21-32-26/h8-14,17,21-23,27-28,37H,7,15-16,18-20H2,1-6H3,(H,33,38)/t23-,27-,28+/m0/s1. The highest BCUT2D eigenvalue weighted by atomic mass is 32.2. The lowest BCUT2D eigenvalue weighted by atomic mass is 9.98. The Hall–Kier alpha value is -2.90. The summed E-state index contributed by atoms with van der Waals surface area (Å²) in [5.74, 6) is -0.730. The molecule has 1 heterocycles. The van der Waals surface area contributed by atoms with E-state index in [-0.39, 0.29) is 55.1 Å². The van der Waals surface area contributed by atoms with Gasteiger partial charge in [-0.2, -0.15) is 4.31 Å². The highest BCUT2D eigenvalue weighted by Gasteiger charge is 2.36. The van der Waals surface area contributed by atoms with Crippen LogP contribution >= 0.6 is 11.3 Å². The van der Waals surface area contributed by atoms with E-state index in [2.05, 4.69) is 10.4 Å². The van der Waals surface area contributed by atoms with Crippen LogP contribution in [0.25, 0.3) is 10.2 Å². The largest absolute Gasteiger partial charge is 0.390 e. The fourth-order valence-electron chi connectivity index (χ4n) is 4.74. The number of carbonyl (C=O) groups excluding carboxylic acids is 2. The molecule has 2 amide bonds. The molecule has 0 bridgehead atoms. The Morgan fingerprint density at radius 2 is 1.74 bits per heavy atom. The second kappa shape index (κ2) is 15.7. The number of nitrogens with zero attached hydrogens (tertiary/aromatic N) is 4. The normalized spacial score (nSPS) is 14.3. The van der Waals surface area contributed by atoms with Gasteiger partial charge in [0.05, 0.1) is 39.3 Å². The SMILES string of the molecule is CC[C@H](C)CC(=O)N(NC(=O)CN(C)C)[C@@H](Cc1ccccc1)[C@H](O)CN(CC(C)C)S(=O)(=O)c1ccc2ncsc2c1. The number of benzene rings is 2. The Bertz CT molecular complexity index is 1450. The van der Waals surface area contributed by atoms with E-state index in [1.807, 2.05) is 58.0 Å². The van der Waals surface area contributed by atoms with Crippen molar-refractivity contribution in [3.63, 3.8) is 0 Å². The zero-order valence-corrected chi connectivity index (χ0v) is 27.6. The van der Waals surface area contributed by atoms with Gasteiger partial charge in [0.2, 0.25) is 15.9 Å². The number of amides is 2. The summed E-state index contributed by atoms with van der Waals surface area (Å²) < 4.78 is 30.0. The second-order valence-corrected chi connectivity index (χ2v) is 14.6. The molecule has 0 unspecified atom stereocenters. The van der Waals surface area contributed by atoms with Gasteiger partial charge in [0.1, 0.15) is 0 Å². The van der Waals surface area contributed by atoms with Gasteiger partial charge in [0, 0.05) is 19.5 Å². The highest BCUT2D eigenvalue weighted by Crippen LogP contribution is 2.26. The molecule has 0 aliphatic rings. The van der Waals surface area contributed by atoms with Crippen LogP contribution in [0.15, 0.2) is 58.9 Å². The van der Waals surface area contributed by atoms with E-state index < -0.39 is 28.1 Å². The molecular weight excluding hydrogens is 587 g/mol. The third-order valence-electron chi connectivity index (χ3n) is 7.16. The minimum atomic E-state index is -4.02. The number of sulfonamides is 1. The molecule has 0 radical (unpaired) electrons. The first-order valence-electron chi connectivity index (χ1n) is 14.6. The molecule has 236 valence electrons. The van der Waals surface area contributed by atoms with Crippen LogP contribution in [-0.2, 0) is 26.0 Å². The van der Waals surface area contributed by atoms with Gasteiger partial charge in [-0.3, -0.25) is 15.0 Å². The van der Waals surface area contributed by atoms with E-state index >= 15 is 0 Å². The molecular formula is C31H45N5O5S2. The van der Waals surface area contributed by atoms with Crippen LogP contribution in [-0.4, -0.2) is 90.4 Å². The first-order valence-corrected chi connectivity index (χ1v) is 16.9. The van der Waals surface area contributed by atoms with Gasteiger partial charge in [-0.25, -0.2) is 18.4 Å². The lowest BCUT2D eigenvalue weighted by molar-refractivity contribution is -0.148. The summed E-state index contributed by atoms with van der Waals surface area (Å²) in [6.07, 6.45) is -0.179. The molecule has 3 rings (SSSR count). The lowest BCUT2D eigenvalue weighted by Crippen LogP contribution is -2.60. The zero-order chi connectivity index (χ0) is 31.7. The highest BCUT2D eigenvalue weighted by molar-refractivity contribution is 7.89. The van der Waals surface area contributed by atoms with E-state index in [0.717, 1.165) is 16.7 Å². The predicted octanol–water partition coefficient (Wildman–Crippen LogP) is 3.77. The van der Waals surface area contributed by atoms with E-state index in [0.29, 0.717) is 5.52 Å². The molecule has 0 aliphatic carbocycles. The first-order chi connectivity index (χ1) is 20.3. The molecule has 2 N–H and O–H groups in total. The molecule has 2 aromatic carbocycles. The number of thiazole rings is 1. The molecule has 12 heteroatoms. The minimum absolute atomic E-state index is 0.0369. The van der Waals surface area contributed by atoms with Crippen molar-refractivity contribution in [3.05, 3.63) is 59.6 Å². The Kier molecular flexibility index (Phi) is 12.6. The first kappa shape index (κ1) is 34.6. The summed E-state index contributed by atoms with van der Waals surface area (Å²) >= 11 is 1.36. The number of aliphatic hydroxyl groups excluding tert-OH is 1. The maximum Gasteiger partial charge on any atom is 0.252 e. The Morgan fingerprint density at radius 1 is 1.05 bits per heavy atom. The van der Waals surface area contributed by atoms with Gasteiger partial charge >= 0.3 is 0 Å². The molecule has 0 fully saturated rings. The van der Waals surface area contributed by atoms with Crippen molar-refractivity contribution in [1.82, 2.24) is 24.6 Å². The summed E-state index contributed by atoms with van der Waals surface area (Å²) in [4.78, 5) is 32.7. The van der Waals surface area contributed by atoms with Gasteiger partial charge in [-0.1, -0.05) is 64.4 Å². The van der Waals surface area contributed by atoms with Crippen LogP contribution in [0.1, 0.15) is 46.1 Å². The number of hydrogen-bond donors (Lipinski definition) is 2. The Balaban J connectivity index is 2.02. The zero-order valence-electron chi connectivity index (χ0n) is 25.9. The third kappa shape index (κ3) is 9.80. The predicted molar refractivity (Wildman–Crippen MR) is 171 cm³/mol. The second-order valence-electron chi connectivity index (χ2n) is 11.8. The van der Waals surface area contributed by atoms with Crippen LogP contribution in [0.2, 0.25) is 0 Å². The summed E-state index contributed by atoms with van der Waals surface area (Å²) in [6, 6.07) is 13.2. The Labute approximate surface area is 259 Å². The van der Waals surface area contributed by atoms with Crippen molar-refractivity contribution in [3.8, 4) is 0 Å². The molecule has 0 saturated heterocycles. The monoisotopic (exact) mass is 631 g/mol. The smallest absolute Gasteiger partial charge is 0.252 e. The maximum absolute atomic E-state index is 14.0. The lowest BCUT2D eigenvalue weighted by Gasteiger charge is -2.37. The molecule has 1 aromatic heterocycles. The number of aliphatic hydroxyl groups is 1. The topological polar surface area (TPSA) is 123 Å². The van der Waals surface area contributed by atoms with E-state index in [9.17, 15) is 23.1 Å². The van der Waals surface area contributed by atoms with Gasteiger partial charge < -0.3 is 10.0 Å². The van der Waals surface area contributed by atoms with E-state index in [1.54, 1.807) is 36.6 Å². The van der Waals surface area contributed by atoms with Crippen LogP contribution < -0.4 is 5.43 Å². The van der Waals surface area contributed by atoms with Crippen LogP contribution in [0.4, 0.5) is 0 Å². The van der Waals surface area contributed by atoms with Crippen LogP contribution in [0.5, 0.6) is 0 Å². The van der Waals surface area contributed by atoms with Gasteiger partial charge in [0.15, 0.2) is 0 Å². The fourth-order valence-corrected chi connectivity index (χ4v) is 7.18.